The predicted molar refractivity (Wildman–Crippen MR) is 42.7 cm³/mol. The van der Waals surface area contributed by atoms with Crippen molar-refractivity contribution in [2.45, 2.75) is 14.1 Å². The standard InChI is InChI=1S/C3H8OS2.2CH3.2Hg/c4-1-3(6)2-5;;;;/h3-6H,1-2H2;2*1H3;;/q;;;2*+1/p-2. The van der Waals surface area contributed by atoms with E-state index in [1.807, 2.05) is 0 Å². The molecule has 0 fully saturated rings. The van der Waals surface area contributed by atoms with Crippen LogP contribution in [0.4, 0.5) is 0 Å². The Morgan fingerprint density at radius 2 is 2.10 bits per heavy atom. The second-order valence-corrected chi connectivity index (χ2v) is 26.9. The predicted octanol–water partition coefficient (Wildman–Crippen LogP) is 1.90. The molecule has 1 atom stereocenters. The van der Waals surface area contributed by atoms with Gasteiger partial charge in [0.1, 0.15) is 0 Å². The van der Waals surface area contributed by atoms with Gasteiger partial charge >= 0.3 is 94.2 Å². The molecular formula is C5H12Hg2OS2. The van der Waals surface area contributed by atoms with Crippen molar-refractivity contribution < 1.29 is 51.2 Å². The van der Waals surface area contributed by atoms with Gasteiger partial charge in [-0.05, 0) is 0 Å². The Bertz CT molecular complexity index is 74.7. The first-order valence-corrected chi connectivity index (χ1v) is 30.3. The van der Waals surface area contributed by atoms with Gasteiger partial charge < -0.3 is 0 Å². The monoisotopic (exact) mass is 556 g/mol. The molecule has 0 aliphatic carbocycles. The van der Waals surface area contributed by atoms with Gasteiger partial charge in [-0.15, -0.1) is 0 Å². The van der Waals surface area contributed by atoms with Crippen molar-refractivity contribution in [2.24, 2.45) is 0 Å². The first-order valence-electron chi connectivity index (χ1n) is 3.65. The minimum absolute atomic E-state index is 0.416. The Hall–Kier alpha value is 2.53. The Balaban J connectivity index is 3.21. The summed E-state index contributed by atoms with van der Waals surface area (Å²) in [7, 11) is 4.26. The van der Waals surface area contributed by atoms with E-state index >= 15 is 0 Å². The Kier molecular flexibility index (Phi) is 12.1. The molecule has 54 valence electrons. The van der Waals surface area contributed by atoms with Crippen molar-refractivity contribution in [1.29, 1.82) is 0 Å². The van der Waals surface area contributed by atoms with Crippen molar-refractivity contribution in [3.05, 3.63) is 0 Å². The van der Waals surface area contributed by atoms with Gasteiger partial charge in [0, 0.05) is 0 Å². The van der Waals surface area contributed by atoms with E-state index in [1.54, 1.807) is 0 Å². The molecule has 0 aromatic rings. The normalized spacial score (nSPS) is 11.9. The van der Waals surface area contributed by atoms with Crippen LogP contribution in [0, 0.1) is 0 Å². The fourth-order valence-electron chi connectivity index (χ4n) is 0.639. The Morgan fingerprint density at radius 1 is 1.40 bits per heavy atom. The molecule has 0 bridgehead atoms. The maximum absolute atomic E-state index is 8.91. The third-order valence-corrected chi connectivity index (χ3v) is 20.4. The average Bonchev–Trinajstić information content (AvgIpc) is 1.98. The van der Waals surface area contributed by atoms with E-state index in [0.29, 0.717) is 11.9 Å². The van der Waals surface area contributed by atoms with Gasteiger partial charge in [0.25, 0.3) is 0 Å². The molecule has 0 aromatic carbocycles. The summed E-state index contributed by atoms with van der Waals surface area (Å²) in [5.74, 6) is 1.24. The summed E-state index contributed by atoms with van der Waals surface area (Å²) >= 11 is -0.974. The van der Waals surface area contributed by atoms with Gasteiger partial charge in [-0.1, -0.05) is 0 Å². The van der Waals surface area contributed by atoms with Crippen LogP contribution in [-0.2, 0) is 46.1 Å². The topological polar surface area (TPSA) is 20.2 Å². The zero-order valence-corrected chi connectivity index (χ0v) is 19.3. The second-order valence-electron chi connectivity index (χ2n) is 1.92. The van der Waals surface area contributed by atoms with Crippen molar-refractivity contribution in [3.63, 3.8) is 0 Å². The van der Waals surface area contributed by atoms with Crippen LogP contribution in [0.3, 0.4) is 0 Å². The van der Waals surface area contributed by atoms with Gasteiger partial charge in [0.2, 0.25) is 0 Å². The van der Waals surface area contributed by atoms with E-state index in [4.69, 9.17) is 5.11 Å². The van der Waals surface area contributed by atoms with Crippen LogP contribution in [0.1, 0.15) is 0 Å². The van der Waals surface area contributed by atoms with Crippen molar-refractivity contribution in [2.75, 3.05) is 12.4 Å². The van der Waals surface area contributed by atoms with Crippen molar-refractivity contribution >= 4 is 16.5 Å². The van der Waals surface area contributed by atoms with Crippen LogP contribution in [-0.4, -0.2) is 22.7 Å². The number of hydrogen-bond donors (Lipinski definition) is 1. The zero-order valence-electron chi connectivity index (χ0n) is 6.67. The molecule has 0 heterocycles. The third kappa shape index (κ3) is 7.19. The number of aliphatic hydroxyl groups excluding tert-OH is 1. The summed E-state index contributed by atoms with van der Waals surface area (Å²) in [6, 6.07) is 0. The van der Waals surface area contributed by atoms with Crippen molar-refractivity contribution in [3.8, 4) is 0 Å². The first-order chi connectivity index (χ1) is 4.85. The molecule has 0 aliphatic heterocycles. The molecule has 0 saturated carbocycles. The van der Waals surface area contributed by atoms with Gasteiger partial charge in [-0.25, -0.2) is 0 Å². The van der Waals surface area contributed by atoms with Gasteiger partial charge in [0.15, 0.2) is 0 Å². The SMILES string of the molecule is [CH3][Hg][S]CC(CO)[S][Hg][CH3]. The second kappa shape index (κ2) is 9.62. The summed E-state index contributed by atoms with van der Waals surface area (Å²) in [5, 5.41) is 9.52. The third-order valence-electron chi connectivity index (χ3n) is 1.11. The van der Waals surface area contributed by atoms with E-state index in [-0.39, 0.29) is 0 Å². The minimum atomic E-state index is -0.526. The van der Waals surface area contributed by atoms with Crippen LogP contribution in [0.25, 0.3) is 0 Å². The molecule has 0 aliphatic rings. The average molecular weight is 553 g/mol. The summed E-state index contributed by atoms with van der Waals surface area (Å²) in [5.41, 5.74) is 0. The zero-order chi connectivity index (χ0) is 7.82. The van der Waals surface area contributed by atoms with Gasteiger partial charge in [-0.3, -0.25) is 0 Å². The molecule has 10 heavy (non-hydrogen) atoms. The van der Waals surface area contributed by atoms with Crippen molar-refractivity contribution in [1.82, 2.24) is 0 Å². The molecule has 0 spiro atoms. The van der Waals surface area contributed by atoms with Crippen LogP contribution < -0.4 is 0 Å². The van der Waals surface area contributed by atoms with E-state index in [2.05, 4.69) is 25.3 Å². The molecule has 0 saturated heterocycles. The fraction of sp³-hybridized carbons (Fsp3) is 1.00. The summed E-state index contributed by atoms with van der Waals surface area (Å²) in [4.78, 5) is 0. The Morgan fingerprint density at radius 3 is 2.50 bits per heavy atom. The molecule has 0 aromatic heterocycles. The van der Waals surface area contributed by atoms with E-state index in [9.17, 15) is 0 Å². The van der Waals surface area contributed by atoms with Crippen LogP contribution in [0.2, 0.25) is 8.86 Å². The molecular weight excluding hydrogens is 541 g/mol. The summed E-state index contributed by atoms with van der Waals surface area (Å²) in [6.07, 6.45) is 0. The molecule has 1 nitrogen and oxygen atoms in total. The van der Waals surface area contributed by atoms with Crippen LogP contribution in [0.15, 0.2) is 0 Å². The summed E-state index contributed by atoms with van der Waals surface area (Å²) < 4.78 is 4.76. The van der Waals surface area contributed by atoms with Gasteiger partial charge in [-0.2, -0.15) is 0 Å². The molecule has 0 rings (SSSR count). The molecule has 0 radical (unpaired) electrons. The van der Waals surface area contributed by atoms with E-state index in [0.717, 1.165) is 0 Å². The Labute approximate surface area is 92.6 Å². The fourth-order valence-corrected chi connectivity index (χ4v) is 20.6. The quantitative estimate of drug-likeness (QED) is 0.508. The molecule has 1 N–H and O–H groups in total. The molecule has 0 amide bonds. The number of hydrogen-bond acceptors (Lipinski definition) is 3. The van der Waals surface area contributed by atoms with Crippen LogP contribution >= 0.6 is 16.5 Å². The van der Waals surface area contributed by atoms with E-state index < -0.39 is 46.1 Å². The maximum atomic E-state index is 8.91. The van der Waals surface area contributed by atoms with Gasteiger partial charge in [0.05, 0.1) is 0 Å². The molecule has 1 unspecified atom stereocenters. The molecule has 5 heteroatoms. The van der Waals surface area contributed by atoms with E-state index in [1.165, 1.54) is 5.75 Å². The summed E-state index contributed by atoms with van der Waals surface area (Å²) in [6.45, 7) is 0.416. The number of rotatable bonds is 6. The van der Waals surface area contributed by atoms with Crippen LogP contribution in [0.5, 0.6) is 0 Å². The number of aliphatic hydroxyl groups is 1. The first kappa shape index (κ1) is 12.5.